The zero-order valence-electron chi connectivity index (χ0n) is 15.3. The number of rotatable bonds is 7. The Hall–Kier alpha value is -3.36. The summed E-state index contributed by atoms with van der Waals surface area (Å²) in [6.07, 6.45) is -7.14. The highest BCUT2D eigenvalue weighted by atomic mass is 19.4. The van der Waals surface area contributed by atoms with Gasteiger partial charge in [0.2, 0.25) is 6.10 Å². The van der Waals surface area contributed by atoms with Crippen LogP contribution in [0.5, 0.6) is 0 Å². The number of carbonyl (C=O) groups excluding carboxylic acids is 3. The van der Waals surface area contributed by atoms with Crippen molar-refractivity contribution in [1.82, 2.24) is 5.32 Å². The summed E-state index contributed by atoms with van der Waals surface area (Å²) in [5.74, 6) is -4.39. The summed E-state index contributed by atoms with van der Waals surface area (Å²) in [7, 11) is 1.12. The summed E-state index contributed by atoms with van der Waals surface area (Å²) < 4.78 is 47.0. The third kappa shape index (κ3) is 6.34. The number of nitrogens with one attached hydrogen (secondary N) is 1. The normalized spacial score (nSPS) is 13.1. The Morgan fingerprint density at radius 2 is 1.52 bits per heavy atom. The molecule has 0 aliphatic rings. The average Bonchev–Trinajstić information content (AvgIpc) is 2.71. The third-order valence-electron chi connectivity index (χ3n) is 3.88. The Balaban J connectivity index is 2.25. The molecular formula is C20H18F3NO5. The van der Waals surface area contributed by atoms with Gasteiger partial charge in [0.15, 0.2) is 0 Å². The standard InChI is InChI=1S/C20H18F3NO5/c1-28-18(26)15(12-13-8-4-2-5-9-13)24-17(25)16(14-10-6-3-7-11-14)29-19(27)20(21,22)23/h2-11,15-16H,12H2,1H3,(H,24,25)/t15-,16+/m0/s1. The van der Waals surface area contributed by atoms with Crippen LogP contribution in [0, 0.1) is 0 Å². The van der Waals surface area contributed by atoms with Gasteiger partial charge < -0.3 is 14.8 Å². The van der Waals surface area contributed by atoms with Crippen LogP contribution in [0.2, 0.25) is 0 Å². The fourth-order valence-electron chi connectivity index (χ4n) is 2.51. The van der Waals surface area contributed by atoms with Gasteiger partial charge in [-0.05, 0) is 5.56 Å². The van der Waals surface area contributed by atoms with Crippen LogP contribution in [-0.2, 0) is 30.3 Å². The molecule has 0 unspecified atom stereocenters. The number of hydrogen-bond donors (Lipinski definition) is 1. The molecule has 2 rings (SSSR count). The van der Waals surface area contributed by atoms with Crippen LogP contribution in [0.15, 0.2) is 60.7 Å². The van der Waals surface area contributed by atoms with Crippen molar-refractivity contribution in [3.8, 4) is 0 Å². The summed E-state index contributed by atoms with van der Waals surface area (Å²) in [5.41, 5.74) is 0.706. The van der Waals surface area contributed by atoms with E-state index in [1.807, 2.05) is 0 Å². The molecule has 29 heavy (non-hydrogen) atoms. The van der Waals surface area contributed by atoms with E-state index < -0.39 is 36.2 Å². The van der Waals surface area contributed by atoms with Crippen molar-refractivity contribution in [2.45, 2.75) is 24.7 Å². The highest BCUT2D eigenvalue weighted by molar-refractivity contribution is 5.90. The summed E-state index contributed by atoms with van der Waals surface area (Å²) >= 11 is 0. The van der Waals surface area contributed by atoms with Crippen molar-refractivity contribution < 1.29 is 37.0 Å². The molecule has 154 valence electrons. The first-order valence-electron chi connectivity index (χ1n) is 8.47. The van der Waals surface area contributed by atoms with E-state index in [-0.39, 0.29) is 12.0 Å². The van der Waals surface area contributed by atoms with Crippen LogP contribution in [0.3, 0.4) is 0 Å². The fraction of sp³-hybridized carbons (Fsp3) is 0.250. The minimum atomic E-state index is -5.28. The Morgan fingerprint density at radius 3 is 2.03 bits per heavy atom. The van der Waals surface area contributed by atoms with Gasteiger partial charge in [-0.3, -0.25) is 4.79 Å². The van der Waals surface area contributed by atoms with E-state index in [0.29, 0.717) is 5.56 Å². The van der Waals surface area contributed by atoms with Gasteiger partial charge in [0, 0.05) is 12.0 Å². The monoisotopic (exact) mass is 409 g/mol. The first-order chi connectivity index (χ1) is 13.7. The van der Waals surface area contributed by atoms with Crippen LogP contribution < -0.4 is 5.32 Å². The van der Waals surface area contributed by atoms with Gasteiger partial charge in [0.25, 0.3) is 5.91 Å². The molecule has 0 saturated carbocycles. The summed E-state index contributed by atoms with van der Waals surface area (Å²) in [4.78, 5) is 36.0. The molecular weight excluding hydrogens is 391 g/mol. The SMILES string of the molecule is COC(=O)[C@H](Cc1ccccc1)NC(=O)[C@H](OC(=O)C(F)(F)F)c1ccccc1. The van der Waals surface area contributed by atoms with E-state index in [9.17, 15) is 27.6 Å². The van der Waals surface area contributed by atoms with Gasteiger partial charge in [-0.15, -0.1) is 0 Å². The number of amides is 1. The molecule has 0 aliphatic heterocycles. The molecule has 2 aromatic carbocycles. The molecule has 6 nitrogen and oxygen atoms in total. The largest absolute Gasteiger partial charge is 0.490 e. The minimum Gasteiger partial charge on any atom is -0.467 e. The number of benzene rings is 2. The molecule has 1 amide bonds. The molecule has 0 bridgehead atoms. The summed E-state index contributed by atoms with van der Waals surface area (Å²) in [6, 6.07) is 14.6. The predicted molar refractivity (Wildman–Crippen MR) is 95.4 cm³/mol. The maximum Gasteiger partial charge on any atom is 0.490 e. The van der Waals surface area contributed by atoms with Gasteiger partial charge in [-0.2, -0.15) is 13.2 Å². The Bertz CT molecular complexity index is 840. The summed E-state index contributed by atoms with van der Waals surface area (Å²) in [6.45, 7) is 0. The molecule has 0 aliphatic carbocycles. The van der Waals surface area contributed by atoms with Crippen LogP contribution in [0.25, 0.3) is 0 Å². The van der Waals surface area contributed by atoms with Crippen molar-refractivity contribution in [3.05, 3.63) is 71.8 Å². The van der Waals surface area contributed by atoms with E-state index >= 15 is 0 Å². The van der Waals surface area contributed by atoms with Gasteiger partial charge in [-0.25, -0.2) is 9.59 Å². The van der Waals surface area contributed by atoms with Crippen LogP contribution in [0.4, 0.5) is 13.2 Å². The first-order valence-corrected chi connectivity index (χ1v) is 8.47. The quantitative estimate of drug-likeness (QED) is 0.712. The molecule has 0 aromatic heterocycles. The second kappa shape index (κ2) is 9.72. The number of methoxy groups -OCH3 is 1. The molecule has 0 radical (unpaired) electrons. The molecule has 2 atom stereocenters. The van der Waals surface area contributed by atoms with Crippen molar-refractivity contribution in [1.29, 1.82) is 0 Å². The highest BCUT2D eigenvalue weighted by Gasteiger charge is 2.44. The summed E-state index contributed by atoms with van der Waals surface area (Å²) in [5, 5.41) is 2.31. The second-order valence-corrected chi connectivity index (χ2v) is 5.97. The molecule has 0 heterocycles. The highest BCUT2D eigenvalue weighted by Crippen LogP contribution is 2.24. The van der Waals surface area contributed by atoms with Gasteiger partial charge in [0.05, 0.1) is 7.11 Å². The van der Waals surface area contributed by atoms with Gasteiger partial charge >= 0.3 is 18.1 Å². The maximum atomic E-state index is 12.7. The number of hydrogen-bond acceptors (Lipinski definition) is 5. The zero-order chi connectivity index (χ0) is 21.4. The van der Waals surface area contributed by atoms with Crippen LogP contribution in [0.1, 0.15) is 17.2 Å². The van der Waals surface area contributed by atoms with Crippen LogP contribution >= 0.6 is 0 Å². The number of carbonyl (C=O) groups is 3. The first kappa shape index (κ1) is 21.9. The topological polar surface area (TPSA) is 81.7 Å². The lowest BCUT2D eigenvalue weighted by molar-refractivity contribution is -0.205. The number of esters is 2. The predicted octanol–water partition coefficient (Wildman–Crippen LogP) is 2.73. The Morgan fingerprint density at radius 1 is 0.966 bits per heavy atom. The molecule has 2 aromatic rings. The van der Waals surface area contributed by atoms with Crippen LogP contribution in [-0.4, -0.2) is 37.2 Å². The molecule has 9 heteroatoms. The Kier molecular flexibility index (Phi) is 7.35. The maximum absolute atomic E-state index is 12.7. The molecule has 0 saturated heterocycles. The van der Waals surface area contributed by atoms with E-state index in [2.05, 4.69) is 14.8 Å². The molecule has 1 N–H and O–H groups in total. The smallest absolute Gasteiger partial charge is 0.467 e. The Labute approximate surface area is 164 Å². The van der Waals surface area contributed by atoms with Crippen molar-refractivity contribution in [2.24, 2.45) is 0 Å². The average molecular weight is 409 g/mol. The van der Waals surface area contributed by atoms with E-state index in [0.717, 1.165) is 7.11 Å². The van der Waals surface area contributed by atoms with E-state index in [4.69, 9.17) is 0 Å². The molecule has 0 fully saturated rings. The lowest BCUT2D eigenvalue weighted by Crippen LogP contribution is -2.46. The second-order valence-electron chi connectivity index (χ2n) is 5.97. The number of halogens is 3. The lowest BCUT2D eigenvalue weighted by atomic mass is 10.0. The van der Waals surface area contributed by atoms with Crippen molar-refractivity contribution in [2.75, 3.05) is 7.11 Å². The van der Waals surface area contributed by atoms with E-state index in [1.54, 1.807) is 36.4 Å². The van der Waals surface area contributed by atoms with Crippen molar-refractivity contribution >= 4 is 17.8 Å². The van der Waals surface area contributed by atoms with Gasteiger partial charge in [-0.1, -0.05) is 60.7 Å². The number of alkyl halides is 3. The van der Waals surface area contributed by atoms with Gasteiger partial charge in [0.1, 0.15) is 6.04 Å². The van der Waals surface area contributed by atoms with E-state index in [1.165, 1.54) is 24.3 Å². The zero-order valence-corrected chi connectivity index (χ0v) is 15.3. The molecule has 0 spiro atoms. The van der Waals surface area contributed by atoms with Crippen molar-refractivity contribution in [3.63, 3.8) is 0 Å². The third-order valence-corrected chi connectivity index (χ3v) is 3.88. The lowest BCUT2D eigenvalue weighted by Gasteiger charge is -2.22. The number of ether oxygens (including phenoxy) is 2. The fourth-order valence-corrected chi connectivity index (χ4v) is 2.51. The minimum absolute atomic E-state index is 0.0194.